The van der Waals surface area contributed by atoms with Crippen LogP contribution in [-0.4, -0.2) is 87.6 Å². The summed E-state index contributed by atoms with van der Waals surface area (Å²) in [5.41, 5.74) is 8.14. The highest BCUT2D eigenvalue weighted by molar-refractivity contribution is 5.93. The Morgan fingerprint density at radius 2 is 1.97 bits per heavy atom. The number of nitrogens with zero attached hydrogens (tertiary/aromatic N) is 6. The van der Waals surface area contributed by atoms with Crippen LogP contribution in [0.1, 0.15) is 5.56 Å². The molecule has 0 bridgehead atoms. The van der Waals surface area contributed by atoms with Gasteiger partial charge in [-0.3, -0.25) is 4.90 Å². The van der Waals surface area contributed by atoms with E-state index >= 15 is 0 Å². The van der Waals surface area contributed by atoms with Gasteiger partial charge in [0.1, 0.15) is 11.6 Å². The molecular formula is C24H27N9O4. The molecule has 13 heteroatoms. The molecule has 37 heavy (non-hydrogen) atoms. The fraction of sp³-hybridized carbons (Fsp3) is 0.292. The first-order chi connectivity index (χ1) is 18.0. The highest BCUT2D eigenvalue weighted by Crippen LogP contribution is 2.24. The number of nitrogen functional groups attached to an aromatic ring is 1. The number of nitrogens with two attached hydrogens (primary N) is 1. The number of hydrogen-bond donors (Lipinski definition) is 4. The molecule has 0 unspecified atom stereocenters. The van der Waals surface area contributed by atoms with Crippen LogP contribution in [-0.2, 0) is 4.79 Å². The van der Waals surface area contributed by atoms with Crippen LogP contribution in [0.15, 0.2) is 47.1 Å². The van der Waals surface area contributed by atoms with Crippen LogP contribution in [0.3, 0.4) is 0 Å². The molecule has 0 atom stereocenters. The van der Waals surface area contributed by atoms with Gasteiger partial charge in [0, 0.05) is 51.2 Å². The zero-order valence-corrected chi connectivity index (χ0v) is 20.0. The second-order valence-corrected chi connectivity index (χ2v) is 8.46. The maximum Gasteiger partial charge on any atom is 0.341 e. The van der Waals surface area contributed by atoms with E-state index in [0.717, 1.165) is 38.4 Å². The lowest BCUT2D eigenvalue weighted by Gasteiger charge is -2.36. The average molecular weight is 506 g/mol. The Balaban J connectivity index is 1.16. The lowest BCUT2D eigenvalue weighted by Crippen LogP contribution is -2.47. The lowest BCUT2D eigenvalue weighted by molar-refractivity contribution is -0.139. The predicted molar refractivity (Wildman–Crippen MR) is 137 cm³/mol. The van der Waals surface area contributed by atoms with Crippen LogP contribution in [0.5, 0.6) is 5.75 Å². The summed E-state index contributed by atoms with van der Waals surface area (Å²) in [5.74, 6) is 1.08. The standard InChI is InChI=1S/C24H27N9O4/c25-14-18-21(29-24(26)33-23(18)28-22(30-33)19-2-1-13-36-19)27-7-8-31-9-11-32(12-10-31)16-3-5-17(6-4-16)37-15-20(34)35/h1-6,13-14,25,27H,7-12,15H2,(H2,26,29)(H,34,35). The first-order valence-corrected chi connectivity index (χ1v) is 11.8. The zero-order valence-electron chi connectivity index (χ0n) is 20.0. The van der Waals surface area contributed by atoms with Gasteiger partial charge in [0.15, 0.2) is 18.0 Å². The van der Waals surface area contributed by atoms with Gasteiger partial charge in [-0.1, -0.05) is 0 Å². The Kier molecular flexibility index (Phi) is 6.85. The molecule has 192 valence electrons. The second kappa shape index (κ2) is 10.5. The van der Waals surface area contributed by atoms with Crippen LogP contribution in [0, 0.1) is 5.41 Å². The number of rotatable bonds is 10. The van der Waals surface area contributed by atoms with Gasteiger partial charge in [0.2, 0.25) is 11.8 Å². The summed E-state index contributed by atoms with van der Waals surface area (Å²) in [4.78, 5) is 24.2. The molecule has 0 amide bonds. The number of benzene rings is 1. The summed E-state index contributed by atoms with van der Waals surface area (Å²) in [6, 6.07) is 11.0. The molecule has 1 saturated heterocycles. The van der Waals surface area contributed by atoms with Crippen LogP contribution < -0.4 is 20.7 Å². The Hall–Kier alpha value is -4.65. The maximum absolute atomic E-state index is 10.6. The number of ether oxygens (including phenoxy) is 1. The van der Waals surface area contributed by atoms with Crippen molar-refractivity contribution < 1.29 is 19.1 Å². The minimum Gasteiger partial charge on any atom is -0.482 e. The quantitative estimate of drug-likeness (QED) is 0.231. The fourth-order valence-electron chi connectivity index (χ4n) is 4.21. The van der Waals surface area contributed by atoms with Crippen LogP contribution in [0.25, 0.3) is 17.2 Å². The number of aromatic nitrogens is 4. The van der Waals surface area contributed by atoms with E-state index in [0.29, 0.717) is 40.9 Å². The molecule has 4 heterocycles. The van der Waals surface area contributed by atoms with E-state index in [1.54, 1.807) is 30.5 Å². The van der Waals surface area contributed by atoms with Crippen LogP contribution in [0.2, 0.25) is 0 Å². The van der Waals surface area contributed by atoms with Crippen molar-refractivity contribution >= 4 is 35.3 Å². The number of aliphatic carboxylic acids is 1. The Labute approximate surface area is 212 Å². The SMILES string of the molecule is N=Cc1c(NCCN2CCN(c3ccc(OCC(=O)O)cc3)CC2)nc(N)n2nc(-c3ccco3)nc12. The van der Waals surface area contributed by atoms with Crippen molar-refractivity contribution in [3.05, 3.63) is 48.2 Å². The Morgan fingerprint density at radius 1 is 1.19 bits per heavy atom. The lowest BCUT2D eigenvalue weighted by atomic mass is 10.2. The molecule has 5 rings (SSSR count). The third-order valence-electron chi connectivity index (χ3n) is 6.09. The van der Waals surface area contributed by atoms with Gasteiger partial charge in [-0.15, -0.1) is 5.10 Å². The second-order valence-electron chi connectivity index (χ2n) is 8.46. The third kappa shape index (κ3) is 5.30. The van der Waals surface area contributed by atoms with Crippen molar-refractivity contribution in [2.45, 2.75) is 0 Å². The van der Waals surface area contributed by atoms with Gasteiger partial charge in [-0.05, 0) is 36.4 Å². The third-order valence-corrected chi connectivity index (χ3v) is 6.09. The number of carbonyl (C=O) groups is 1. The molecule has 1 aliphatic rings. The summed E-state index contributed by atoms with van der Waals surface area (Å²) in [7, 11) is 0. The first-order valence-electron chi connectivity index (χ1n) is 11.8. The number of nitrogens with one attached hydrogen (secondary N) is 2. The molecule has 0 radical (unpaired) electrons. The molecule has 3 aromatic heterocycles. The van der Waals surface area contributed by atoms with Crippen molar-refractivity contribution in [1.29, 1.82) is 5.41 Å². The van der Waals surface area contributed by atoms with Gasteiger partial charge in [0.05, 0.1) is 11.8 Å². The molecule has 1 aromatic carbocycles. The molecule has 1 aliphatic heterocycles. The van der Waals surface area contributed by atoms with Crippen molar-refractivity contribution in [2.75, 3.05) is 61.8 Å². The largest absolute Gasteiger partial charge is 0.482 e. The Bertz CT molecular complexity index is 1380. The first kappa shape index (κ1) is 24.1. The van der Waals surface area contributed by atoms with Gasteiger partial charge in [-0.2, -0.15) is 9.50 Å². The van der Waals surface area contributed by atoms with Crippen molar-refractivity contribution in [1.82, 2.24) is 24.5 Å². The number of hydrogen-bond acceptors (Lipinski definition) is 11. The van der Waals surface area contributed by atoms with E-state index in [1.165, 1.54) is 10.7 Å². The summed E-state index contributed by atoms with van der Waals surface area (Å²) < 4.78 is 12.0. The number of anilines is 3. The molecule has 0 aliphatic carbocycles. The number of piperazine rings is 1. The van der Waals surface area contributed by atoms with E-state index in [2.05, 4.69) is 30.2 Å². The topological polar surface area (TPSA) is 171 Å². The van der Waals surface area contributed by atoms with E-state index in [1.807, 2.05) is 12.1 Å². The highest BCUT2D eigenvalue weighted by atomic mass is 16.5. The van der Waals surface area contributed by atoms with Gasteiger partial charge in [-0.25, -0.2) is 9.78 Å². The van der Waals surface area contributed by atoms with Gasteiger partial charge < -0.3 is 35.6 Å². The van der Waals surface area contributed by atoms with Crippen molar-refractivity contribution in [3.63, 3.8) is 0 Å². The van der Waals surface area contributed by atoms with Gasteiger partial charge >= 0.3 is 5.97 Å². The minimum absolute atomic E-state index is 0.168. The normalized spacial score (nSPS) is 14.1. The zero-order chi connectivity index (χ0) is 25.8. The number of carboxylic acids is 1. The minimum atomic E-state index is -0.999. The van der Waals surface area contributed by atoms with Crippen molar-refractivity contribution in [3.8, 4) is 17.3 Å². The predicted octanol–water partition coefficient (Wildman–Crippen LogP) is 1.66. The number of carboxylic acid groups (broad SMARTS) is 1. The smallest absolute Gasteiger partial charge is 0.341 e. The monoisotopic (exact) mass is 505 g/mol. The van der Waals surface area contributed by atoms with E-state index in [4.69, 9.17) is 25.4 Å². The summed E-state index contributed by atoms with van der Waals surface area (Å²) in [6.45, 7) is 4.58. The van der Waals surface area contributed by atoms with E-state index < -0.39 is 5.97 Å². The maximum atomic E-state index is 10.6. The van der Waals surface area contributed by atoms with E-state index in [-0.39, 0.29) is 12.6 Å². The number of fused-ring (bicyclic) bond motifs is 1. The molecule has 0 saturated carbocycles. The average Bonchev–Trinajstić information content (AvgIpc) is 3.59. The van der Waals surface area contributed by atoms with Crippen LogP contribution >= 0.6 is 0 Å². The molecular weight excluding hydrogens is 478 g/mol. The molecule has 0 spiro atoms. The van der Waals surface area contributed by atoms with E-state index in [9.17, 15) is 4.79 Å². The number of furan rings is 1. The Morgan fingerprint density at radius 3 is 2.65 bits per heavy atom. The molecule has 13 nitrogen and oxygen atoms in total. The van der Waals surface area contributed by atoms with Crippen LogP contribution in [0.4, 0.5) is 17.5 Å². The van der Waals surface area contributed by atoms with Crippen molar-refractivity contribution in [2.24, 2.45) is 0 Å². The highest BCUT2D eigenvalue weighted by Gasteiger charge is 2.19. The van der Waals surface area contributed by atoms with Gasteiger partial charge in [0.25, 0.3) is 0 Å². The summed E-state index contributed by atoms with van der Waals surface area (Å²) in [6.07, 6.45) is 2.74. The summed E-state index contributed by atoms with van der Waals surface area (Å²) >= 11 is 0. The molecule has 1 fully saturated rings. The summed E-state index contributed by atoms with van der Waals surface area (Å²) in [5, 5.41) is 24.3. The molecule has 5 N–H and O–H groups in total. The fourth-order valence-corrected chi connectivity index (χ4v) is 4.21. The molecule has 4 aromatic rings.